The van der Waals surface area contributed by atoms with E-state index in [9.17, 15) is 4.79 Å². The number of hydrogen-bond acceptors (Lipinski definition) is 1. The number of carbonyl (C=O) groups is 1. The van der Waals surface area contributed by atoms with E-state index < -0.39 is 0 Å². The SMILES string of the molecule is O=C(/C=C(/Cl)c1ccc(Cl)cc1)CCl. The van der Waals surface area contributed by atoms with Crippen molar-refractivity contribution in [2.45, 2.75) is 0 Å². The summed E-state index contributed by atoms with van der Waals surface area (Å²) >= 11 is 16.9. The van der Waals surface area contributed by atoms with Gasteiger partial charge in [0.25, 0.3) is 0 Å². The van der Waals surface area contributed by atoms with Gasteiger partial charge in [-0.2, -0.15) is 0 Å². The average Bonchev–Trinajstić information content (AvgIpc) is 2.18. The van der Waals surface area contributed by atoms with Gasteiger partial charge in [0.05, 0.1) is 10.9 Å². The molecule has 0 N–H and O–H groups in total. The Kier molecular flexibility index (Phi) is 4.46. The molecule has 0 bridgehead atoms. The number of allylic oxidation sites excluding steroid dienone is 1. The topological polar surface area (TPSA) is 17.1 Å². The number of carbonyl (C=O) groups excluding carboxylic acids is 1. The zero-order valence-electron chi connectivity index (χ0n) is 7.14. The first-order valence-electron chi connectivity index (χ1n) is 3.85. The molecule has 1 rings (SSSR count). The maximum absolute atomic E-state index is 10.9. The van der Waals surface area contributed by atoms with Gasteiger partial charge in [-0.15, -0.1) is 11.6 Å². The second-order valence-corrected chi connectivity index (χ2v) is 3.71. The lowest BCUT2D eigenvalue weighted by molar-refractivity contribution is -0.112. The number of hydrogen-bond donors (Lipinski definition) is 0. The molecule has 1 nitrogen and oxygen atoms in total. The Labute approximate surface area is 97.3 Å². The van der Waals surface area contributed by atoms with E-state index in [4.69, 9.17) is 34.8 Å². The highest BCUT2D eigenvalue weighted by molar-refractivity contribution is 6.50. The van der Waals surface area contributed by atoms with E-state index in [0.29, 0.717) is 10.1 Å². The highest BCUT2D eigenvalue weighted by Crippen LogP contribution is 2.20. The minimum Gasteiger partial charge on any atom is -0.293 e. The van der Waals surface area contributed by atoms with Crippen molar-refractivity contribution in [1.29, 1.82) is 0 Å². The summed E-state index contributed by atoms with van der Waals surface area (Å²) in [7, 11) is 0. The number of alkyl halides is 1. The number of ketones is 1. The van der Waals surface area contributed by atoms with Gasteiger partial charge in [0, 0.05) is 11.1 Å². The Morgan fingerprint density at radius 3 is 2.36 bits per heavy atom. The van der Waals surface area contributed by atoms with E-state index >= 15 is 0 Å². The molecule has 4 heteroatoms. The van der Waals surface area contributed by atoms with Crippen LogP contribution in [0.1, 0.15) is 5.56 Å². The van der Waals surface area contributed by atoms with Gasteiger partial charge in [0.2, 0.25) is 0 Å². The molecule has 0 aromatic heterocycles. The van der Waals surface area contributed by atoms with Crippen LogP contribution in [0.3, 0.4) is 0 Å². The fourth-order valence-corrected chi connectivity index (χ4v) is 1.32. The average molecular weight is 250 g/mol. The molecule has 0 saturated heterocycles. The predicted octanol–water partition coefficient (Wildman–Crippen LogP) is 3.73. The van der Waals surface area contributed by atoms with Gasteiger partial charge in [-0.25, -0.2) is 0 Å². The van der Waals surface area contributed by atoms with Crippen LogP contribution in [0.5, 0.6) is 0 Å². The summed E-state index contributed by atoms with van der Waals surface area (Å²) in [4.78, 5) is 10.9. The van der Waals surface area contributed by atoms with Crippen LogP contribution < -0.4 is 0 Å². The molecule has 1 aromatic rings. The maximum Gasteiger partial charge on any atom is 0.171 e. The van der Waals surface area contributed by atoms with Crippen LogP contribution in [0.4, 0.5) is 0 Å². The van der Waals surface area contributed by atoms with Crippen molar-refractivity contribution >= 4 is 45.6 Å². The molecule has 74 valence electrons. The molecule has 0 spiro atoms. The first-order chi connectivity index (χ1) is 6.63. The van der Waals surface area contributed by atoms with Gasteiger partial charge < -0.3 is 0 Å². The molecule has 0 saturated carbocycles. The van der Waals surface area contributed by atoms with Crippen molar-refractivity contribution in [2.24, 2.45) is 0 Å². The summed E-state index contributed by atoms with van der Waals surface area (Å²) in [6, 6.07) is 6.89. The Balaban J connectivity index is 2.89. The van der Waals surface area contributed by atoms with Crippen LogP contribution in [0, 0.1) is 0 Å². The van der Waals surface area contributed by atoms with Crippen LogP contribution in [-0.4, -0.2) is 11.7 Å². The Bertz CT molecular complexity index is 354. The molecule has 0 amide bonds. The van der Waals surface area contributed by atoms with Crippen LogP contribution in [-0.2, 0) is 4.79 Å². The summed E-state index contributed by atoms with van der Waals surface area (Å²) in [6.07, 6.45) is 1.30. The first kappa shape index (κ1) is 11.6. The van der Waals surface area contributed by atoms with Gasteiger partial charge in [-0.05, 0) is 17.7 Å². The van der Waals surface area contributed by atoms with Gasteiger partial charge in [0.15, 0.2) is 5.78 Å². The van der Waals surface area contributed by atoms with Gasteiger partial charge in [-0.3, -0.25) is 4.79 Å². The lowest BCUT2D eigenvalue weighted by Gasteiger charge is -1.98. The maximum atomic E-state index is 10.9. The molecule has 0 atom stereocenters. The molecule has 0 aliphatic heterocycles. The second kappa shape index (κ2) is 5.40. The largest absolute Gasteiger partial charge is 0.293 e. The van der Waals surface area contributed by atoms with Crippen molar-refractivity contribution in [2.75, 3.05) is 5.88 Å². The Hall–Kier alpha value is -0.500. The predicted molar refractivity (Wildman–Crippen MR) is 61.0 cm³/mol. The summed E-state index contributed by atoms with van der Waals surface area (Å²) in [5.74, 6) is -0.282. The number of halogens is 3. The fourth-order valence-electron chi connectivity index (χ4n) is 0.872. The third-order valence-corrected chi connectivity index (χ3v) is 2.38. The summed E-state index contributed by atoms with van der Waals surface area (Å²) in [6.45, 7) is 0. The molecule has 0 aliphatic rings. The number of benzene rings is 1. The smallest absolute Gasteiger partial charge is 0.171 e. The minimum absolute atomic E-state index is 0.0657. The highest BCUT2D eigenvalue weighted by atomic mass is 35.5. The quantitative estimate of drug-likeness (QED) is 0.589. The van der Waals surface area contributed by atoms with E-state index in [1.54, 1.807) is 24.3 Å². The third-order valence-electron chi connectivity index (χ3n) is 1.54. The summed E-state index contributed by atoms with van der Waals surface area (Å²) in [5.41, 5.74) is 0.745. The fraction of sp³-hybridized carbons (Fsp3) is 0.100. The molecule has 0 heterocycles. The van der Waals surface area contributed by atoms with Gasteiger partial charge in [-0.1, -0.05) is 35.3 Å². The van der Waals surface area contributed by atoms with Crippen molar-refractivity contribution in [3.8, 4) is 0 Å². The minimum atomic E-state index is -0.216. The van der Waals surface area contributed by atoms with Crippen LogP contribution in [0.15, 0.2) is 30.3 Å². The van der Waals surface area contributed by atoms with Crippen molar-refractivity contribution in [1.82, 2.24) is 0 Å². The van der Waals surface area contributed by atoms with E-state index in [1.807, 2.05) is 0 Å². The van der Waals surface area contributed by atoms with E-state index in [2.05, 4.69) is 0 Å². The lowest BCUT2D eigenvalue weighted by atomic mass is 10.2. The highest BCUT2D eigenvalue weighted by Gasteiger charge is 2.01. The molecule has 0 radical (unpaired) electrons. The summed E-state index contributed by atoms with van der Waals surface area (Å²) < 4.78 is 0. The lowest BCUT2D eigenvalue weighted by Crippen LogP contribution is -1.93. The monoisotopic (exact) mass is 248 g/mol. The second-order valence-electron chi connectivity index (χ2n) is 2.60. The first-order valence-corrected chi connectivity index (χ1v) is 5.14. The standard InChI is InChI=1S/C10H7Cl3O/c11-6-9(14)5-10(13)7-1-3-8(12)4-2-7/h1-5H,6H2/b10-5+. The normalized spacial score (nSPS) is 11.5. The molecule has 0 unspecified atom stereocenters. The van der Waals surface area contributed by atoms with Crippen LogP contribution in [0.25, 0.3) is 5.03 Å². The molecular weight excluding hydrogens is 242 g/mol. The van der Waals surface area contributed by atoms with E-state index in [0.717, 1.165) is 5.56 Å². The molecule has 0 aliphatic carbocycles. The van der Waals surface area contributed by atoms with E-state index in [1.165, 1.54) is 6.08 Å². The molecule has 14 heavy (non-hydrogen) atoms. The van der Waals surface area contributed by atoms with Crippen molar-refractivity contribution in [3.63, 3.8) is 0 Å². The Morgan fingerprint density at radius 1 is 1.29 bits per heavy atom. The van der Waals surface area contributed by atoms with E-state index in [-0.39, 0.29) is 11.7 Å². The summed E-state index contributed by atoms with van der Waals surface area (Å²) in [5, 5.41) is 0.995. The zero-order valence-corrected chi connectivity index (χ0v) is 9.40. The molecule has 0 fully saturated rings. The Morgan fingerprint density at radius 2 is 1.86 bits per heavy atom. The van der Waals surface area contributed by atoms with Crippen molar-refractivity contribution in [3.05, 3.63) is 40.9 Å². The zero-order chi connectivity index (χ0) is 10.6. The van der Waals surface area contributed by atoms with Crippen LogP contribution in [0.2, 0.25) is 5.02 Å². The molecular formula is C10H7Cl3O. The molecule has 1 aromatic carbocycles. The van der Waals surface area contributed by atoms with Gasteiger partial charge in [0.1, 0.15) is 0 Å². The number of rotatable bonds is 3. The van der Waals surface area contributed by atoms with Crippen molar-refractivity contribution < 1.29 is 4.79 Å². The van der Waals surface area contributed by atoms with Crippen LogP contribution >= 0.6 is 34.8 Å². The van der Waals surface area contributed by atoms with Gasteiger partial charge >= 0.3 is 0 Å². The third kappa shape index (κ3) is 3.33.